The van der Waals surface area contributed by atoms with Gasteiger partial charge in [0.05, 0.1) is 12.5 Å². The summed E-state index contributed by atoms with van der Waals surface area (Å²) in [5.41, 5.74) is 9.90. The largest absolute Gasteiger partial charge is 0.511 e. The monoisotopic (exact) mass is 614 g/mol. The first kappa shape index (κ1) is 33.9. The number of aliphatic hydroxyl groups is 3. The lowest BCUT2D eigenvalue weighted by Gasteiger charge is -2.41. The molecule has 0 heterocycles. The van der Waals surface area contributed by atoms with Gasteiger partial charge in [-0.2, -0.15) is 0 Å². The number of aliphatic hydroxyl groups excluding tert-OH is 3. The number of allylic oxidation sites excluding steroid dienone is 7. The molecule has 2 unspecified atom stereocenters. The lowest BCUT2D eigenvalue weighted by molar-refractivity contribution is -0.123. The molecule has 3 atom stereocenters. The lowest BCUT2D eigenvalue weighted by Crippen LogP contribution is -2.41. The summed E-state index contributed by atoms with van der Waals surface area (Å²) < 4.78 is 0. The predicted octanol–water partition coefficient (Wildman–Crippen LogP) is 5.46. The number of primary amides is 1. The number of ketones is 2. The average Bonchev–Trinajstić information content (AvgIpc) is 2.99. The van der Waals surface area contributed by atoms with Gasteiger partial charge >= 0.3 is 0 Å². The minimum Gasteiger partial charge on any atom is -0.511 e. The van der Waals surface area contributed by atoms with Crippen molar-refractivity contribution in [1.82, 2.24) is 4.90 Å². The van der Waals surface area contributed by atoms with Gasteiger partial charge in [-0.3, -0.25) is 14.4 Å². The van der Waals surface area contributed by atoms with E-state index in [1.165, 1.54) is 5.56 Å². The summed E-state index contributed by atoms with van der Waals surface area (Å²) in [5, 5.41) is 31.8. The van der Waals surface area contributed by atoms with Crippen LogP contribution >= 0.6 is 0 Å². The van der Waals surface area contributed by atoms with Crippen molar-refractivity contribution in [1.29, 1.82) is 0 Å². The number of carbonyl (C=O) groups is 3. The standard InChI is InChI=1S/C37H46N2O6/c1-4-10-29(27-12-8-7-11-23(27)14-17-39(15-5-2)16-6-3)28(13-9-18-40)24-19-25-20-26-22-31(42)34(37(38)45)36(44)33(26)35(43)32(25)30(41)21-24/h4,7-13,25-26,33,40,43-44H,1,5-6,14-22H2,2-3H3,(H2,38,45)/b13-9-,28-24+,29-10+/t25?,26-,33?/m0/s1. The third kappa shape index (κ3) is 7.29. The van der Waals surface area contributed by atoms with Crippen LogP contribution in [0.1, 0.15) is 63.5 Å². The molecular formula is C37H46N2O6. The van der Waals surface area contributed by atoms with E-state index in [-0.39, 0.29) is 42.5 Å². The lowest BCUT2D eigenvalue weighted by atomic mass is 9.62. The first-order chi connectivity index (χ1) is 21.7. The van der Waals surface area contributed by atoms with Gasteiger partial charge in [0.15, 0.2) is 11.6 Å². The van der Waals surface area contributed by atoms with E-state index >= 15 is 0 Å². The number of hydrogen-bond donors (Lipinski definition) is 4. The van der Waals surface area contributed by atoms with Crippen LogP contribution < -0.4 is 5.73 Å². The summed E-state index contributed by atoms with van der Waals surface area (Å²) in [5.74, 6) is -4.50. The topological polar surface area (TPSA) is 141 Å². The Morgan fingerprint density at radius 2 is 1.76 bits per heavy atom. The van der Waals surface area contributed by atoms with Gasteiger partial charge in [-0.15, -0.1) is 0 Å². The van der Waals surface area contributed by atoms with Crippen molar-refractivity contribution in [3.63, 3.8) is 0 Å². The number of hydrogen-bond acceptors (Lipinski definition) is 7. The van der Waals surface area contributed by atoms with E-state index in [9.17, 15) is 29.7 Å². The summed E-state index contributed by atoms with van der Waals surface area (Å²) in [4.78, 5) is 40.8. The van der Waals surface area contributed by atoms with Crippen molar-refractivity contribution in [2.45, 2.75) is 58.8 Å². The molecule has 0 bridgehead atoms. The van der Waals surface area contributed by atoms with Gasteiger partial charge in [0.1, 0.15) is 17.1 Å². The number of carbonyl (C=O) groups excluding carboxylic acids is 3. The van der Waals surface area contributed by atoms with E-state index in [0.717, 1.165) is 61.2 Å². The van der Waals surface area contributed by atoms with Crippen molar-refractivity contribution in [3.05, 3.63) is 100 Å². The fraction of sp³-hybridized carbons (Fsp3) is 0.432. The zero-order chi connectivity index (χ0) is 32.7. The van der Waals surface area contributed by atoms with Crippen LogP contribution in [0.25, 0.3) is 5.57 Å². The van der Waals surface area contributed by atoms with E-state index < -0.39 is 34.9 Å². The van der Waals surface area contributed by atoms with E-state index in [0.29, 0.717) is 12.8 Å². The fourth-order valence-electron chi connectivity index (χ4n) is 7.35. The highest BCUT2D eigenvalue weighted by atomic mass is 16.3. The SMILES string of the molecule is C=C/C=C(C(/C=C\CO)=C1/CC(=O)C2=C(O)C3C(O)=C(C(N)=O)C(=O)C[C@@H]3CC2C1)\c1ccccc1CCN(CCC)CCC. The molecule has 3 aliphatic rings. The number of amides is 1. The normalized spacial score (nSPS) is 23.5. The number of nitrogens with zero attached hydrogens (tertiary/aromatic N) is 1. The van der Waals surface area contributed by atoms with Crippen LogP contribution in [0.3, 0.4) is 0 Å². The van der Waals surface area contributed by atoms with Crippen LogP contribution in [0.2, 0.25) is 0 Å². The second kappa shape index (κ2) is 15.3. The molecule has 3 aliphatic carbocycles. The molecule has 0 aromatic heterocycles. The third-order valence-corrected chi connectivity index (χ3v) is 9.16. The highest BCUT2D eigenvalue weighted by Gasteiger charge is 2.48. The zero-order valence-corrected chi connectivity index (χ0v) is 26.4. The first-order valence-electron chi connectivity index (χ1n) is 16.0. The first-order valence-corrected chi connectivity index (χ1v) is 16.0. The smallest absolute Gasteiger partial charge is 0.255 e. The van der Waals surface area contributed by atoms with Crippen LogP contribution in [-0.2, 0) is 20.8 Å². The molecule has 1 fully saturated rings. The maximum absolute atomic E-state index is 13.7. The highest BCUT2D eigenvalue weighted by Crippen LogP contribution is 2.50. The summed E-state index contributed by atoms with van der Waals surface area (Å²) in [7, 11) is 0. The highest BCUT2D eigenvalue weighted by molar-refractivity contribution is 6.20. The van der Waals surface area contributed by atoms with Gasteiger partial charge in [-0.25, -0.2) is 0 Å². The van der Waals surface area contributed by atoms with Crippen molar-refractivity contribution in [2.24, 2.45) is 23.5 Å². The van der Waals surface area contributed by atoms with Gasteiger partial charge in [-0.05, 0) is 79.3 Å². The molecule has 1 aromatic carbocycles. The number of fused-ring (bicyclic) bond motifs is 2. The molecule has 1 saturated carbocycles. The van der Waals surface area contributed by atoms with Gasteiger partial charge in [0, 0.05) is 25.0 Å². The summed E-state index contributed by atoms with van der Waals surface area (Å²) >= 11 is 0. The van der Waals surface area contributed by atoms with E-state index in [4.69, 9.17) is 5.73 Å². The summed E-state index contributed by atoms with van der Waals surface area (Å²) in [6.07, 6.45) is 11.0. The van der Waals surface area contributed by atoms with Gasteiger partial charge < -0.3 is 26.0 Å². The van der Waals surface area contributed by atoms with Crippen LogP contribution in [-0.4, -0.2) is 63.9 Å². The Morgan fingerprint density at radius 1 is 1.04 bits per heavy atom. The molecule has 45 heavy (non-hydrogen) atoms. The summed E-state index contributed by atoms with van der Waals surface area (Å²) in [6.45, 7) is 11.2. The Labute approximate surface area is 266 Å². The van der Waals surface area contributed by atoms with Crippen LogP contribution in [0.5, 0.6) is 0 Å². The van der Waals surface area contributed by atoms with Gasteiger partial charge in [0.25, 0.3) is 5.91 Å². The minimum atomic E-state index is -1.04. The molecule has 0 saturated heterocycles. The van der Waals surface area contributed by atoms with E-state index in [2.05, 4.69) is 37.5 Å². The Balaban J connectivity index is 1.76. The van der Waals surface area contributed by atoms with Crippen LogP contribution in [0.15, 0.2) is 89.0 Å². The molecule has 5 N–H and O–H groups in total. The molecule has 8 heteroatoms. The predicted molar refractivity (Wildman–Crippen MR) is 176 cm³/mol. The molecule has 0 aliphatic heterocycles. The number of nitrogens with two attached hydrogens (primary N) is 1. The molecule has 4 rings (SSSR count). The van der Waals surface area contributed by atoms with Gasteiger partial charge in [0.2, 0.25) is 0 Å². The second-order valence-electron chi connectivity index (χ2n) is 12.2. The fourth-order valence-corrected chi connectivity index (χ4v) is 7.35. The van der Waals surface area contributed by atoms with Crippen molar-refractivity contribution in [3.8, 4) is 0 Å². The van der Waals surface area contributed by atoms with Gasteiger partial charge in [-0.1, -0.05) is 74.6 Å². The maximum Gasteiger partial charge on any atom is 0.255 e. The molecule has 0 spiro atoms. The Morgan fingerprint density at radius 3 is 2.40 bits per heavy atom. The third-order valence-electron chi connectivity index (χ3n) is 9.16. The van der Waals surface area contributed by atoms with Crippen molar-refractivity contribution < 1.29 is 29.7 Å². The Kier molecular flexibility index (Phi) is 11.5. The Bertz CT molecular complexity index is 1490. The molecule has 0 radical (unpaired) electrons. The summed E-state index contributed by atoms with van der Waals surface area (Å²) in [6, 6.07) is 8.24. The number of Topliss-reactive ketones (excluding diaryl/α,β-unsaturated/α-hetero) is 2. The molecule has 1 amide bonds. The van der Waals surface area contributed by atoms with E-state index in [1.54, 1.807) is 12.2 Å². The van der Waals surface area contributed by atoms with Crippen LogP contribution in [0, 0.1) is 17.8 Å². The molecular weight excluding hydrogens is 568 g/mol. The maximum atomic E-state index is 13.7. The van der Waals surface area contributed by atoms with Crippen molar-refractivity contribution in [2.75, 3.05) is 26.2 Å². The zero-order valence-electron chi connectivity index (χ0n) is 26.4. The van der Waals surface area contributed by atoms with Crippen molar-refractivity contribution >= 4 is 23.0 Å². The molecule has 8 nitrogen and oxygen atoms in total. The molecule has 1 aromatic rings. The number of rotatable bonds is 13. The Hall–Kier alpha value is -4.01. The van der Waals surface area contributed by atoms with E-state index in [1.807, 2.05) is 24.3 Å². The number of benzene rings is 1. The average molecular weight is 615 g/mol. The molecule has 240 valence electrons. The quantitative estimate of drug-likeness (QED) is 0.171. The van der Waals surface area contributed by atoms with Crippen LogP contribution in [0.4, 0.5) is 0 Å². The second-order valence-corrected chi connectivity index (χ2v) is 12.2. The minimum absolute atomic E-state index is 0.0435.